The van der Waals surface area contributed by atoms with E-state index in [0.29, 0.717) is 11.4 Å². The normalized spacial score (nSPS) is 20.4. The molecule has 0 fully saturated rings. The number of halogens is 1. The fourth-order valence-corrected chi connectivity index (χ4v) is 4.97. The van der Waals surface area contributed by atoms with Crippen LogP contribution in [0.1, 0.15) is 35.9 Å². The minimum Gasteiger partial charge on any atom is -0.329 e. The molecule has 0 spiro atoms. The Bertz CT molecular complexity index is 1340. The van der Waals surface area contributed by atoms with Crippen molar-refractivity contribution in [2.45, 2.75) is 24.8 Å². The van der Waals surface area contributed by atoms with Gasteiger partial charge in [-0.05, 0) is 53.8 Å². The molecular weight excluding hydrogens is 408 g/mol. The van der Waals surface area contributed by atoms with Crippen molar-refractivity contribution in [2.24, 2.45) is 0 Å². The number of hydrogen-bond acceptors (Lipinski definition) is 4. The maximum absolute atomic E-state index is 13.6. The number of fused-ring (bicyclic) bond motifs is 3. The number of ketones is 1. The highest BCUT2D eigenvalue weighted by molar-refractivity contribution is 6.30. The Kier molecular flexibility index (Phi) is 4.18. The van der Waals surface area contributed by atoms with E-state index in [9.17, 15) is 4.79 Å². The molecule has 0 bridgehead atoms. The third-order valence-corrected chi connectivity index (χ3v) is 6.49. The number of hydrogen-bond donors (Lipinski definition) is 1. The van der Waals surface area contributed by atoms with Crippen LogP contribution in [0.15, 0.2) is 84.3 Å². The smallest absolute Gasteiger partial charge is 0.209 e. The number of carbonyl (C=O) groups is 1. The SMILES string of the molecule is O=C1CC(c2ccc(Cl)cc2)CC2=C1C(c1cccnc1)n1c(nc3ccccc31)N2. The molecule has 5 nitrogen and oxygen atoms in total. The van der Waals surface area contributed by atoms with Crippen LogP contribution in [-0.4, -0.2) is 20.3 Å². The number of imidazole rings is 1. The van der Waals surface area contributed by atoms with Crippen molar-refractivity contribution in [1.29, 1.82) is 0 Å². The second-order valence-corrected chi connectivity index (χ2v) is 8.52. The van der Waals surface area contributed by atoms with E-state index in [1.807, 2.05) is 66.9 Å². The number of Topliss-reactive ketones (excluding diaryl/α,β-unsaturated/α-hetero) is 1. The van der Waals surface area contributed by atoms with Crippen LogP contribution in [-0.2, 0) is 4.79 Å². The number of para-hydroxylation sites is 2. The standard InChI is InChI=1S/C25H19ClN4O/c26-18-9-7-15(8-10-18)17-12-20-23(22(31)13-17)24(16-4-3-11-27-14-16)30-21-6-2-1-5-19(21)28-25(30)29-20/h1-11,14,17,24H,12-13H2,(H,28,29). The van der Waals surface area contributed by atoms with E-state index in [1.54, 1.807) is 6.20 Å². The molecule has 31 heavy (non-hydrogen) atoms. The maximum Gasteiger partial charge on any atom is 0.209 e. The second-order valence-electron chi connectivity index (χ2n) is 8.08. The predicted octanol–water partition coefficient (Wildman–Crippen LogP) is 5.50. The molecule has 6 rings (SSSR count). The van der Waals surface area contributed by atoms with Gasteiger partial charge in [0.1, 0.15) is 0 Å². The summed E-state index contributed by atoms with van der Waals surface area (Å²) in [5, 5.41) is 4.19. The van der Waals surface area contributed by atoms with Crippen LogP contribution in [0.3, 0.4) is 0 Å². The molecule has 0 amide bonds. The summed E-state index contributed by atoms with van der Waals surface area (Å²) < 4.78 is 2.13. The summed E-state index contributed by atoms with van der Waals surface area (Å²) in [7, 11) is 0. The largest absolute Gasteiger partial charge is 0.329 e. The third kappa shape index (κ3) is 2.96. The van der Waals surface area contributed by atoms with Crippen molar-refractivity contribution in [3.63, 3.8) is 0 Å². The molecule has 2 aromatic heterocycles. The number of aromatic nitrogens is 3. The van der Waals surface area contributed by atoms with Crippen molar-refractivity contribution in [3.8, 4) is 0 Å². The fourth-order valence-electron chi connectivity index (χ4n) is 4.85. The quantitative estimate of drug-likeness (QED) is 0.459. The Morgan fingerprint density at radius 3 is 2.61 bits per heavy atom. The van der Waals surface area contributed by atoms with Gasteiger partial charge in [-0.2, -0.15) is 0 Å². The molecule has 0 radical (unpaired) electrons. The molecule has 3 heterocycles. The number of pyridine rings is 1. The van der Waals surface area contributed by atoms with Gasteiger partial charge in [0.25, 0.3) is 0 Å². The first-order valence-corrected chi connectivity index (χ1v) is 10.7. The van der Waals surface area contributed by atoms with Crippen LogP contribution in [0.2, 0.25) is 5.02 Å². The molecule has 6 heteroatoms. The van der Waals surface area contributed by atoms with E-state index in [2.05, 4.69) is 14.9 Å². The van der Waals surface area contributed by atoms with Crippen molar-refractivity contribution < 1.29 is 4.79 Å². The summed E-state index contributed by atoms with van der Waals surface area (Å²) >= 11 is 6.07. The van der Waals surface area contributed by atoms with Gasteiger partial charge < -0.3 is 5.32 Å². The predicted molar refractivity (Wildman–Crippen MR) is 121 cm³/mol. The molecule has 2 aliphatic rings. The van der Waals surface area contributed by atoms with Crippen LogP contribution < -0.4 is 5.32 Å². The van der Waals surface area contributed by atoms with Crippen molar-refractivity contribution in [2.75, 3.05) is 5.32 Å². The molecule has 1 N–H and O–H groups in total. The molecule has 1 aliphatic heterocycles. The van der Waals surface area contributed by atoms with Crippen LogP contribution in [0.25, 0.3) is 11.0 Å². The Hall–Kier alpha value is -3.44. The Morgan fingerprint density at radius 1 is 0.968 bits per heavy atom. The zero-order chi connectivity index (χ0) is 20.9. The molecular formula is C25H19ClN4O. The highest BCUT2D eigenvalue weighted by atomic mass is 35.5. The second kappa shape index (κ2) is 7.06. The summed E-state index contributed by atoms with van der Waals surface area (Å²) in [4.78, 5) is 22.7. The molecule has 0 saturated heterocycles. The molecule has 0 saturated carbocycles. The molecule has 2 aromatic carbocycles. The lowest BCUT2D eigenvalue weighted by atomic mass is 9.78. The molecule has 152 valence electrons. The van der Waals surface area contributed by atoms with E-state index in [4.69, 9.17) is 16.6 Å². The number of allylic oxidation sites excluding steroid dienone is 2. The summed E-state index contributed by atoms with van der Waals surface area (Å²) in [6.07, 6.45) is 4.83. The van der Waals surface area contributed by atoms with Crippen molar-refractivity contribution >= 4 is 34.4 Å². The maximum atomic E-state index is 13.6. The lowest BCUT2D eigenvalue weighted by molar-refractivity contribution is -0.116. The minimum atomic E-state index is -0.244. The molecule has 4 aromatic rings. The topological polar surface area (TPSA) is 59.8 Å². The van der Waals surface area contributed by atoms with E-state index >= 15 is 0 Å². The average molecular weight is 427 g/mol. The van der Waals surface area contributed by atoms with Gasteiger partial charge in [-0.1, -0.05) is 41.9 Å². The molecule has 2 atom stereocenters. The minimum absolute atomic E-state index is 0.112. The van der Waals surface area contributed by atoms with Gasteiger partial charge in [0, 0.05) is 35.1 Å². The summed E-state index contributed by atoms with van der Waals surface area (Å²) in [6.45, 7) is 0. The zero-order valence-electron chi connectivity index (χ0n) is 16.6. The summed E-state index contributed by atoms with van der Waals surface area (Å²) in [6, 6.07) is 19.5. The lowest BCUT2D eigenvalue weighted by Gasteiger charge is -2.36. The van der Waals surface area contributed by atoms with Gasteiger partial charge in [-0.15, -0.1) is 0 Å². The summed E-state index contributed by atoms with van der Waals surface area (Å²) in [5.74, 6) is 1.03. The van der Waals surface area contributed by atoms with Crippen LogP contribution in [0, 0.1) is 0 Å². The fraction of sp³-hybridized carbons (Fsp3) is 0.160. The highest BCUT2D eigenvalue weighted by Gasteiger charge is 2.39. The van der Waals surface area contributed by atoms with Gasteiger partial charge in [-0.25, -0.2) is 4.98 Å². The van der Waals surface area contributed by atoms with Crippen molar-refractivity contribution in [1.82, 2.24) is 14.5 Å². The van der Waals surface area contributed by atoms with E-state index in [0.717, 1.165) is 45.8 Å². The van der Waals surface area contributed by atoms with Crippen LogP contribution in [0.4, 0.5) is 5.95 Å². The first-order valence-electron chi connectivity index (χ1n) is 10.3. The van der Waals surface area contributed by atoms with Crippen LogP contribution in [0.5, 0.6) is 0 Å². The molecule has 2 unspecified atom stereocenters. The van der Waals surface area contributed by atoms with E-state index < -0.39 is 0 Å². The first-order chi connectivity index (χ1) is 15.2. The summed E-state index contributed by atoms with van der Waals surface area (Å²) in [5.41, 5.74) is 5.78. The van der Waals surface area contributed by atoms with E-state index in [1.165, 1.54) is 0 Å². The number of benzene rings is 2. The highest BCUT2D eigenvalue weighted by Crippen LogP contribution is 2.45. The number of anilines is 1. The van der Waals surface area contributed by atoms with Crippen molar-refractivity contribution in [3.05, 3.63) is 100 Å². The van der Waals surface area contributed by atoms with Gasteiger partial charge >= 0.3 is 0 Å². The van der Waals surface area contributed by atoms with Gasteiger partial charge in [0.2, 0.25) is 5.95 Å². The van der Waals surface area contributed by atoms with E-state index in [-0.39, 0.29) is 17.7 Å². The number of nitrogens with zero attached hydrogens (tertiary/aromatic N) is 3. The average Bonchev–Trinajstić information content (AvgIpc) is 3.16. The zero-order valence-corrected chi connectivity index (χ0v) is 17.4. The Morgan fingerprint density at radius 2 is 1.81 bits per heavy atom. The number of rotatable bonds is 2. The Balaban J connectivity index is 1.51. The third-order valence-electron chi connectivity index (χ3n) is 6.24. The molecule has 1 aliphatic carbocycles. The van der Waals surface area contributed by atoms with Gasteiger partial charge in [0.05, 0.1) is 17.1 Å². The van der Waals surface area contributed by atoms with Gasteiger partial charge in [0.15, 0.2) is 5.78 Å². The van der Waals surface area contributed by atoms with Gasteiger partial charge in [-0.3, -0.25) is 14.3 Å². The number of carbonyl (C=O) groups excluding carboxylic acids is 1. The van der Waals surface area contributed by atoms with Crippen LogP contribution >= 0.6 is 11.6 Å². The Labute approximate surface area is 184 Å². The lowest BCUT2D eigenvalue weighted by Crippen LogP contribution is -2.33. The first kappa shape index (κ1) is 18.3. The monoisotopic (exact) mass is 426 g/mol. The number of nitrogens with one attached hydrogen (secondary N) is 1.